The standard InChI is InChI=1S/C15H15ClN2OS2/c1-3-9(2)19-7-12-17-14(16)13-10(8-21-15(13)18-12)11-5-4-6-20-11/h4-6,8-9H,3,7H2,1-2H3. The van der Waals surface area contributed by atoms with E-state index in [4.69, 9.17) is 16.3 Å². The summed E-state index contributed by atoms with van der Waals surface area (Å²) in [5.74, 6) is 0.646. The third kappa shape index (κ3) is 3.11. The lowest BCUT2D eigenvalue weighted by molar-refractivity contribution is 0.0469. The average Bonchev–Trinajstić information content (AvgIpc) is 3.13. The van der Waals surface area contributed by atoms with E-state index < -0.39 is 0 Å². The van der Waals surface area contributed by atoms with Gasteiger partial charge in [-0.1, -0.05) is 24.6 Å². The number of ether oxygens (including phenoxy) is 1. The lowest BCUT2D eigenvalue weighted by Crippen LogP contribution is -2.08. The number of halogens is 1. The highest BCUT2D eigenvalue weighted by molar-refractivity contribution is 7.18. The molecule has 3 heterocycles. The third-order valence-electron chi connectivity index (χ3n) is 3.29. The van der Waals surface area contributed by atoms with Gasteiger partial charge < -0.3 is 4.74 Å². The molecule has 0 N–H and O–H groups in total. The Bertz CT molecular complexity index is 740. The van der Waals surface area contributed by atoms with Crippen LogP contribution in [0.15, 0.2) is 22.9 Å². The Kier molecular flexibility index (Phi) is 4.54. The topological polar surface area (TPSA) is 35.0 Å². The van der Waals surface area contributed by atoms with Gasteiger partial charge in [0, 0.05) is 15.8 Å². The summed E-state index contributed by atoms with van der Waals surface area (Å²) in [4.78, 5) is 11.1. The normalized spacial score (nSPS) is 12.9. The van der Waals surface area contributed by atoms with Crippen LogP contribution in [0, 0.1) is 0 Å². The van der Waals surface area contributed by atoms with Crippen LogP contribution in [-0.2, 0) is 11.3 Å². The first kappa shape index (κ1) is 14.9. The van der Waals surface area contributed by atoms with Crippen molar-refractivity contribution < 1.29 is 4.74 Å². The highest BCUT2D eigenvalue weighted by atomic mass is 35.5. The van der Waals surface area contributed by atoms with Crippen LogP contribution in [0.3, 0.4) is 0 Å². The quantitative estimate of drug-likeness (QED) is 0.585. The summed E-state index contributed by atoms with van der Waals surface area (Å²) in [5, 5.41) is 5.60. The van der Waals surface area contributed by atoms with E-state index in [0.717, 1.165) is 22.2 Å². The fraction of sp³-hybridized carbons (Fsp3) is 0.333. The van der Waals surface area contributed by atoms with Gasteiger partial charge in [-0.15, -0.1) is 22.7 Å². The minimum Gasteiger partial charge on any atom is -0.371 e. The average molecular weight is 339 g/mol. The Morgan fingerprint density at radius 2 is 2.19 bits per heavy atom. The Hall–Kier alpha value is -1.01. The fourth-order valence-electron chi connectivity index (χ4n) is 1.95. The second kappa shape index (κ2) is 6.40. The molecule has 0 saturated carbocycles. The van der Waals surface area contributed by atoms with Crippen molar-refractivity contribution in [3.63, 3.8) is 0 Å². The molecule has 0 aromatic carbocycles. The molecule has 6 heteroatoms. The summed E-state index contributed by atoms with van der Waals surface area (Å²) < 4.78 is 5.68. The van der Waals surface area contributed by atoms with Gasteiger partial charge >= 0.3 is 0 Å². The maximum Gasteiger partial charge on any atom is 0.157 e. The molecule has 110 valence electrons. The highest BCUT2D eigenvalue weighted by Gasteiger charge is 2.15. The van der Waals surface area contributed by atoms with E-state index in [1.54, 1.807) is 22.7 Å². The first-order chi connectivity index (χ1) is 10.2. The van der Waals surface area contributed by atoms with E-state index in [1.807, 2.05) is 13.0 Å². The monoisotopic (exact) mass is 338 g/mol. The molecular weight excluding hydrogens is 324 g/mol. The molecule has 0 fully saturated rings. The first-order valence-electron chi connectivity index (χ1n) is 6.78. The van der Waals surface area contributed by atoms with E-state index in [9.17, 15) is 0 Å². The first-order valence-corrected chi connectivity index (χ1v) is 8.91. The molecule has 0 saturated heterocycles. The van der Waals surface area contributed by atoms with Gasteiger partial charge in [0.05, 0.1) is 11.5 Å². The number of hydrogen-bond donors (Lipinski definition) is 0. The molecule has 0 aliphatic rings. The van der Waals surface area contributed by atoms with Crippen molar-refractivity contribution in [1.82, 2.24) is 9.97 Å². The van der Waals surface area contributed by atoms with Gasteiger partial charge in [0.15, 0.2) is 5.82 Å². The minimum absolute atomic E-state index is 0.202. The molecule has 0 radical (unpaired) electrons. The van der Waals surface area contributed by atoms with Crippen molar-refractivity contribution in [2.45, 2.75) is 33.0 Å². The van der Waals surface area contributed by atoms with E-state index in [-0.39, 0.29) is 6.10 Å². The lowest BCUT2D eigenvalue weighted by Gasteiger charge is -2.09. The van der Waals surface area contributed by atoms with Crippen molar-refractivity contribution in [3.05, 3.63) is 33.9 Å². The van der Waals surface area contributed by atoms with Crippen molar-refractivity contribution in [2.24, 2.45) is 0 Å². The summed E-state index contributed by atoms with van der Waals surface area (Å²) >= 11 is 9.67. The third-order valence-corrected chi connectivity index (χ3v) is 5.34. The molecule has 0 spiro atoms. The van der Waals surface area contributed by atoms with Crippen LogP contribution in [0.2, 0.25) is 5.15 Å². The van der Waals surface area contributed by atoms with Gasteiger partial charge in [-0.25, -0.2) is 9.97 Å². The second-order valence-corrected chi connectivity index (χ2v) is 6.93. The summed E-state index contributed by atoms with van der Waals surface area (Å²) in [7, 11) is 0. The molecule has 3 nitrogen and oxygen atoms in total. The predicted octanol–water partition coefficient (Wildman–Crippen LogP) is 5.39. The minimum atomic E-state index is 0.202. The van der Waals surface area contributed by atoms with Crippen molar-refractivity contribution in [2.75, 3.05) is 0 Å². The van der Waals surface area contributed by atoms with Crippen LogP contribution < -0.4 is 0 Å². The van der Waals surface area contributed by atoms with Gasteiger partial charge in [-0.05, 0) is 24.8 Å². The van der Waals surface area contributed by atoms with E-state index in [0.29, 0.717) is 17.6 Å². The zero-order chi connectivity index (χ0) is 14.8. The number of thiophene rings is 2. The van der Waals surface area contributed by atoms with Crippen molar-refractivity contribution in [1.29, 1.82) is 0 Å². The summed E-state index contributed by atoms with van der Waals surface area (Å²) in [5.41, 5.74) is 1.12. The largest absolute Gasteiger partial charge is 0.371 e. The maximum absolute atomic E-state index is 6.38. The molecule has 0 aliphatic carbocycles. The zero-order valence-corrected chi connectivity index (χ0v) is 14.2. The number of nitrogens with zero attached hydrogens (tertiary/aromatic N) is 2. The van der Waals surface area contributed by atoms with E-state index >= 15 is 0 Å². The van der Waals surface area contributed by atoms with Crippen molar-refractivity contribution >= 4 is 44.5 Å². The Morgan fingerprint density at radius 3 is 2.90 bits per heavy atom. The van der Waals surface area contributed by atoms with Gasteiger partial charge in [-0.3, -0.25) is 0 Å². The molecule has 0 bridgehead atoms. The number of rotatable bonds is 5. The Balaban J connectivity index is 1.95. The van der Waals surface area contributed by atoms with Gasteiger partial charge in [0.2, 0.25) is 0 Å². The van der Waals surface area contributed by atoms with Gasteiger partial charge in [-0.2, -0.15) is 0 Å². The molecule has 21 heavy (non-hydrogen) atoms. The van der Waals surface area contributed by atoms with Crippen LogP contribution in [-0.4, -0.2) is 16.1 Å². The molecule has 3 rings (SSSR count). The fourth-order valence-corrected chi connectivity index (χ4v) is 4.08. The molecule has 1 atom stereocenters. The number of aromatic nitrogens is 2. The van der Waals surface area contributed by atoms with Crippen LogP contribution in [0.25, 0.3) is 20.7 Å². The molecule has 0 aliphatic heterocycles. The lowest BCUT2D eigenvalue weighted by atomic mass is 10.2. The number of hydrogen-bond acceptors (Lipinski definition) is 5. The summed E-state index contributed by atoms with van der Waals surface area (Å²) in [6.07, 6.45) is 1.17. The SMILES string of the molecule is CCC(C)OCc1nc(Cl)c2c(-c3cccs3)csc2n1. The summed E-state index contributed by atoms with van der Waals surface area (Å²) in [6, 6.07) is 4.12. The van der Waals surface area contributed by atoms with Crippen LogP contribution >= 0.6 is 34.3 Å². The van der Waals surface area contributed by atoms with Crippen LogP contribution in [0.1, 0.15) is 26.1 Å². The number of fused-ring (bicyclic) bond motifs is 1. The Morgan fingerprint density at radius 1 is 1.33 bits per heavy atom. The molecule has 1 unspecified atom stereocenters. The molecule has 3 aromatic rings. The molecule has 3 aromatic heterocycles. The van der Waals surface area contributed by atoms with E-state index in [1.165, 1.54) is 4.88 Å². The van der Waals surface area contributed by atoms with E-state index in [2.05, 4.69) is 33.7 Å². The second-order valence-electron chi connectivity index (χ2n) is 4.77. The van der Waals surface area contributed by atoms with Crippen LogP contribution in [0.5, 0.6) is 0 Å². The van der Waals surface area contributed by atoms with Gasteiger partial charge in [0.1, 0.15) is 16.6 Å². The zero-order valence-electron chi connectivity index (χ0n) is 11.8. The highest BCUT2D eigenvalue weighted by Crippen LogP contribution is 2.38. The molecule has 0 amide bonds. The predicted molar refractivity (Wildman–Crippen MR) is 90.3 cm³/mol. The smallest absolute Gasteiger partial charge is 0.157 e. The van der Waals surface area contributed by atoms with Crippen molar-refractivity contribution in [3.8, 4) is 10.4 Å². The molecular formula is C15H15ClN2OS2. The Labute approximate surface area is 136 Å². The van der Waals surface area contributed by atoms with Gasteiger partial charge in [0.25, 0.3) is 0 Å². The van der Waals surface area contributed by atoms with Crippen LogP contribution in [0.4, 0.5) is 0 Å². The maximum atomic E-state index is 6.38. The summed E-state index contributed by atoms with van der Waals surface area (Å²) in [6.45, 7) is 4.53.